The average Bonchev–Trinajstić information content (AvgIpc) is 3.08. The quantitative estimate of drug-likeness (QED) is 0.628. The lowest BCUT2D eigenvalue weighted by Crippen LogP contribution is -2.17. The maximum atomic E-state index is 4.76. The summed E-state index contributed by atoms with van der Waals surface area (Å²) in [6.07, 6.45) is 9.69. The number of H-pyrrole nitrogens is 1. The van der Waals surface area contributed by atoms with Gasteiger partial charge in [0.25, 0.3) is 0 Å². The van der Waals surface area contributed by atoms with Crippen molar-refractivity contribution in [1.82, 2.24) is 15.2 Å². The van der Waals surface area contributed by atoms with Crippen molar-refractivity contribution in [1.29, 1.82) is 0 Å². The SMILES string of the molecule is CCc1c(Br)ccc2nc3[nH]ncc3c(NCC3CCCCC3)c12. The summed E-state index contributed by atoms with van der Waals surface area (Å²) in [6, 6.07) is 4.19. The average molecular weight is 387 g/mol. The van der Waals surface area contributed by atoms with Crippen molar-refractivity contribution in [2.45, 2.75) is 45.4 Å². The fourth-order valence-electron chi connectivity index (χ4n) is 3.95. The molecule has 1 aliphatic carbocycles. The summed E-state index contributed by atoms with van der Waals surface area (Å²) in [6.45, 7) is 3.24. The Morgan fingerprint density at radius 2 is 2.08 bits per heavy atom. The number of aromatic amines is 1. The summed E-state index contributed by atoms with van der Waals surface area (Å²) < 4.78 is 1.16. The summed E-state index contributed by atoms with van der Waals surface area (Å²) in [5.74, 6) is 0.779. The van der Waals surface area contributed by atoms with Crippen molar-refractivity contribution < 1.29 is 0 Å². The van der Waals surface area contributed by atoms with Crippen molar-refractivity contribution >= 4 is 43.6 Å². The highest BCUT2D eigenvalue weighted by molar-refractivity contribution is 9.10. The first-order valence-electron chi connectivity index (χ1n) is 8.96. The van der Waals surface area contributed by atoms with Crippen molar-refractivity contribution in [2.24, 2.45) is 5.92 Å². The standard InChI is InChI=1S/C19H23BrN4/c1-2-13-15(20)8-9-16-17(13)18(14-11-22-24-19(14)23-16)21-10-12-6-4-3-5-7-12/h8-9,11-12H,2-7,10H2,1H3,(H2,21,22,23,24). The molecule has 24 heavy (non-hydrogen) atoms. The van der Waals surface area contributed by atoms with Gasteiger partial charge in [-0.25, -0.2) is 4.98 Å². The van der Waals surface area contributed by atoms with E-state index in [1.54, 1.807) is 0 Å². The molecule has 1 saturated carbocycles. The molecular formula is C19H23BrN4. The highest BCUT2D eigenvalue weighted by atomic mass is 79.9. The number of aromatic nitrogens is 3. The van der Waals surface area contributed by atoms with Gasteiger partial charge < -0.3 is 5.32 Å². The van der Waals surface area contributed by atoms with Crippen LogP contribution in [-0.4, -0.2) is 21.7 Å². The first kappa shape index (κ1) is 15.9. The maximum Gasteiger partial charge on any atom is 0.157 e. The molecule has 1 fully saturated rings. The van der Waals surface area contributed by atoms with Crippen LogP contribution in [0, 0.1) is 5.92 Å². The van der Waals surface area contributed by atoms with Crippen molar-refractivity contribution in [3.63, 3.8) is 0 Å². The molecule has 4 rings (SSSR count). The Labute approximate surface area is 150 Å². The van der Waals surface area contributed by atoms with E-state index in [1.807, 2.05) is 6.20 Å². The lowest BCUT2D eigenvalue weighted by molar-refractivity contribution is 0.373. The second-order valence-electron chi connectivity index (χ2n) is 6.78. The second kappa shape index (κ2) is 6.71. The lowest BCUT2D eigenvalue weighted by atomic mass is 9.89. The van der Waals surface area contributed by atoms with Crippen LogP contribution >= 0.6 is 15.9 Å². The fourth-order valence-corrected chi connectivity index (χ4v) is 4.56. The Morgan fingerprint density at radius 3 is 2.88 bits per heavy atom. The van der Waals surface area contributed by atoms with E-state index in [9.17, 15) is 0 Å². The van der Waals surface area contributed by atoms with Gasteiger partial charge in [-0.05, 0) is 42.9 Å². The normalized spacial score (nSPS) is 16.1. The van der Waals surface area contributed by atoms with Crippen LogP contribution < -0.4 is 5.32 Å². The number of aryl methyl sites for hydroxylation is 1. The zero-order chi connectivity index (χ0) is 16.5. The number of nitrogens with one attached hydrogen (secondary N) is 2. The van der Waals surface area contributed by atoms with Crippen molar-refractivity contribution in [2.75, 3.05) is 11.9 Å². The summed E-state index contributed by atoms with van der Waals surface area (Å²) in [4.78, 5) is 4.76. The molecule has 3 aromatic rings. The molecule has 4 nitrogen and oxygen atoms in total. The molecule has 0 atom stereocenters. The monoisotopic (exact) mass is 386 g/mol. The van der Waals surface area contributed by atoms with Gasteiger partial charge in [0, 0.05) is 16.4 Å². The van der Waals surface area contributed by atoms with Crippen molar-refractivity contribution in [3.8, 4) is 0 Å². The molecule has 1 aromatic carbocycles. The predicted octanol–water partition coefficient (Wildman–Crippen LogP) is 5.43. The number of hydrogen-bond donors (Lipinski definition) is 2. The Morgan fingerprint density at radius 1 is 1.25 bits per heavy atom. The highest BCUT2D eigenvalue weighted by Gasteiger charge is 2.18. The van der Waals surface area contributed by atoms with Crippen LogP contribution in [0.4, 0.5) is 5.69 Å². The molecule has 2 N–H and O–H groups in total. The molecule has 2 aromatic heterocycles. The van der Waals surface area contributed by atoms with Crippen LogP contribution in [0.1, 0.15) is 44.6 Å². The molecule has 126 valence electrons. The van der Waals surface area contributed by atoms with Crippen LogP contribution in [-0.2, 0) is 6.42 Å². The molecule has 1 aliphatic rings. The van der Waals surface area contributed by atoms with Gasteiger partial charge in [0.15, 0.2) is 5.65 Å². The van der Waals surface area contributed by atoms with Gasteiger partial charge >= 0.3 is 0 Å². The third-order valence-corrected chi connectivity index (χ3v) is 5.99. The summed E-state index contributed by atoms with van der Waals surface area (Å²) in [5.41, 5.74) is 4.39. The predicted molar refractivity (Wildman–Crippen MR) is 104 cm³/mol. The van der Waals surface area contributed by atoms with Crippen LogP contribution in [0.15, 0.2) is 22.8 Å². The number of fused-ring (bicyclic) bond motifs is 2. The van der Waals surface area contributed by atoms with Crippen LogP contribution in [0.5, 0.6) is 0 Å². The van der Waals surface area contributed by atoms with Gasteiger partial charge in [0.05, 0.1) is 22.8 Å². The summed E-state index contributed by atoms with van der Waals surface area (Å²) >= 11 is 3.72. The van der Waals surface area contributed by atoms with Gasteiger partial charge in [-0.2, -0.15) is 5.10 Å². The molecular weight excluding hydrogens is 364 g/mol. The van der Waals surface area contributed by atoms with E-state index < -0.39 is 0 Å². The van der Waals surface area contributed by atoms with E-state index >= 15 is 0 Å². The minimum absolute atomic E-state index is 0.779. The van der Waals surface area contributed by atoms with E-state index in [2.05, 4.69) is 50.5 Å². The third kappa shape index (κ3) is 2.79. The lowest BCUT2D eigenvalue weighted by Gasteiger charge is -2.23. The zero-order valence-electron chi connectivity index (χ0n) is 14.0. The number of anilines is 1. The number of benzene rings is 1. The maximum absolute atomic E-state index is 4.76. The number of halogens is 1. The molecule has 0 bridgehead atoms. The fraction of sp³-hybridized carbons (Fsp3) is 0.474. The molecule has 0 saturated heterocycles. The largest absolute Gasteiger partial charge is 0.384 e. The van der Waals surface area contributed by atoms with Gasteiger partial charge in [0.1, 0.15) is 0 Å². The molecule has 2 heterocycles. The number of hydrogen-bond acceptors (Lipinski definition) is 3. The van der Waals surface area contributed by atoms with Gasteiger partial charge in [-0.3, -0.25) is 5.10 Å². The van der Waals surface area contributed by atoms with Crippen LogP contribution in [0.2, 0.25) is 0 Å². The van der Waals surface area contributed by atoms with E-state index in [0.717, 1.165) is 39.9 Å². The van der Waals surface area contributed by atoms with E-state index in [-0.39, 0.29) is 0 Å². The molecule has 5 heteroatoms. The van der Waals surface area contributed by atoms with E-state index in [4.69, 9.17) is 4.98 Å². The molecule has 0 amide bonds. The third-order valence-electron chi connectivity index (χ3n) is 5.25. The molecule has 0 radical (unpaired) electrons. The van der Waals surface area contributed by atoms with E-state index in [1.165, 1.54) is 48.7 Å². The number of pyridine rings is 1. The minimum Gasteiger partial charge on any atom is -0.384 e. The summed E-state index contributed by atoms with van der Waals surface area (Å²) in [5, 5.41) is 13.3. The smallest absolute Gasteiger partial charge is 0.157 e. The molecule has 0 unspecified atom stereocenters. The first-order valence-corrected chi connectivity index (χ1v) is 9.75. The second-order valence-corrected chi connectivity index (χ2v) is 7.63. The topological polar surface area (TPSA) is 53.6 Å². The molecule has 0 aliphatic heterocycles. The molecule has 0 spiro atoms. The number of nitrogens with zero attached hydrogens (tertiary/aromatic N) is 2. The van der Waals surface area contributed by atoms with Gasteiger partial charge in [0.2, 0.25) is 0 Å². The Balaban J connectivity index is 1.82. The zero-order valence-corrected chi connectivity index (χ0v) is 15.6. The Kier molecular flexibility index (Phi) is 4.44. The first-order chi connectivity index (χ1) is 11.8. The van der Waals surface area contributed by atoms with Crippen LogP contribution in [0.25, 0.3) is 21.9 Å². The number of rotatable bonds is 4. The van der Waals surface area contributed by atoms with Crippen LogP contribution in [0.3, 0.4) is 0 Å². The summed E-state index contributed by atoms with van der Waals surface area (Å²) in [7, 11) is 0. The minimum atomic E-state index is 0.779. The Bertz CT molecular complexity index is 865. The van der Waals surface area contributed by atoms with Gasteiger partial charge in [-0.15, -0.1) is 0 Å². The Hall–Kier alpha value is -1.62. The van der Waals surface area contributed by atoms with E-state index in [0.29, 0.717) is 0 Å². The highest BCUT2D eigenvalue weighted by Crippen LogP contribution is 2.36. The van der Waals surface area contributed by atoms with Crippen molar-refractivity contribution in [3.05, 3.63) is 28.4 Å². The van der Waals surface area contributed by atoms with Gasteiger partial charge in [-0.1, -0.05) is 42.1 Å².